The number of carbonyl (C=O) groups excluding carboxylic acids is 2. The van der Waals surface area contributed by atoms with Crippen molar-refractivity contribution in [1.82, 2.24) is 19.9 Å². The lowest BCUT2D eigenvalue weighted by Gasteiger charge is -2.37. The quantitative estimate of drug-likeness (QED) is 0.0920. The Bertz CT molecular complexity index is 1710. The van der Waals surface area contributed by atoms with Crippen molar-refractivity contribution in [3.8, 4) is 11.8 Å². The van der Waals surface area contributed by atoms with Crippen LogP contribution in [0.1, 0.15) is 49.3 Å². The molecule has 250 valence electrons. The van der Waals surface area contributed by atoms with Gasteiger partial charge in [0.05, 0.1) is 30.2 Å². The van der Waals surface area contributed by atoms with E-state index in [1.165, 1.54) is 6.33 Å². The van der Waals surface area contributed by atoms with E-state index < -0.39 is 51.3 Å². The van der Waals surface area contributed by atoms with Gasteiger partial charge in [-0.15, -0.1) is 0 Å². The molecule has 0 bridgehead atoms. The number of alkyl halides is 3. The summed E-state index contributed by atoms with van der Waals surface area (Å²) < 4.78 is 58.4. The fraction of sp³-hybridized carbons (Fsp3) is 0.467. The molecular formula is C30H35F3N8O5Si. The summed E-state index contributed by atoms with van der Waals surface area (Å²) >= 11 is 0. The Hall–Kier alpha value is -4.46. The molecule has 13 nitrogen and oxygen atoms in total. The second kappa shape index (κ2) is 14.5. The van der Waals surface area contributed by atoms with Crippen molar-refractivity contribution in [3.05, 3.63) is 64.4 Å². The molecule has 3 aromatic rings. The number of amides is 2. The summed E-state index contributed by atoms with van der Waals surface area (Å²) in [4.78, 5) is 35.7. The van der Waals surface area contributed by atoms with E-state index in [1.807, 2.05) is 0 Å². The van der Waals surface area contributed by atoms with Crippen molar-refractivity contribution in [1.29, 1.82) is 0 Å². The van der Waals surface area contributed by atoms with Gasteiger partial charge in [0.1, 0.15) is 36.9 Å². The summed E-state index contributed by atoms with van der Waals surface area (Å²) in [7, 11) is -2.17. The number of halogens is 3. The lowest BCUT2D eigenvalue weighted by Crippen LogP contribution is -2.44. The fourth-order valence-electron chi connectivity index (χ4n) is 4.49. The van der Waals surface area contributed by atoms with Gasteiger partial charge >= 0.3 is 12.1 Å². The summed E-state index contributed by atoms with van der Waals surface area (Å²) in [6.07, 6.45) is -3.69. The number of aromatic nitrogens is 3. The topological polar surface area (TPSA) is 165 Å². The standard InChI is InChI=1S/C30H35F3N8O5Si/c1-29(2,3)47(4,5)45-16-22-21(44-18-38-40-34)14-23(46-22)41-15-20(12-9-13-35-28(43)30(31,32)33)24-25(36-17-37-26(24)41)39-27(42)19-10-7-6-8-11-19/h6-8,10-11,15,17,21-23H,13-14,16,18H2,1-5H3,(H,35,43)(H,36,37,39,42)/t21?,22-,23-/m1/s1. The minimum atomic E-state index is -5.05. The Labute approximate surface area is 269 Å². The van der Waals surface area contributed by atoms with Crippen LogP contribution in [0, 0.1) is 11.8 Å². The minimum absolute atomic E-state index is 0.0618. The zero-order chi connectivity index (χ0) is 34.4. The Morgan fingerprint density at radius 1 is 1.21 bits per heavy atom. The van der Waals surface area contributed by atoms with Crippen molar-refractivity contribution >= 4 is 37.0 Å². The van der Waals surface area contributed by atoms with Crippen molar-refractivity contribution in [3.63, 3.8) is 0 Å². The molecule has 3 atom stereocenters. The maximum Gasteiger partial charge on any atom is 0.471 e. The summed E-state index contributed by atoms with van der Waals surface area (Å²) in [5.74, 6) is 2.83. The van der Waals surface area contributed by atoms with E-state index in [4.69, 9.17) is 19.4 Å². The molecule has 2 aromatic heterocycles. The highest BCUT2D eigenvalue weighted by molar-refractivity contribution is 6.74. The highest BCUT2D eigenvalue weighted by Crippen LogP contribution is 2.39. The average Bonchev–Trinajstić information content (AvgIpc) is 3.59. The highest BCUT2D eigenvalue weighted by Gasteiger charge is 2.42. The van der Waals surface area contributed by atoms with Crippen LogP contribution in [0.25, 0.3) is 21.5 Å². The van der Waals surface area contributed by atoms with Gasteiger partial charge in [-0.1, -0.05) is 55.9 Å². The predicted molar refractivity (Wildman–Crippen MR) is 168 cm³/mol. The van der Waals surface area contributed by atoms with Crippen molar-refractivity contribution in [2.24, 2.45) is 5.11 Å². The van der Waals surface area contributed by atoms with Crippen LogP contribution in [0.15, 0.2) is 48.0 Å². The van der Waals surface area contributed by atoms with Crippen LogP contribution in [0.5, 0.6) is 0 Å². The summed E-state index contributed by atoms with van der Waals surface area (Å²) in [6, 6.07) is 8.42. The molecule has 0 saturated carbocycles. The first-order valence-electron chi connectivity index (χ1n) is 14.6. The van der Waals surface area contributed by atoms with E-state index in [2.05, 4.69) is 71.0 Å². The number of carbonyl (C=O) groups is 2. The molecule has 1 aliphatic rings. The maximum absolute atomic E-state index is 13.0. The van der Waals surface area contributed by atoms with Crippen LogP contribution in [0.2, 0.25) is 18.1 Å². The Morgan fingerprint density at radius 2 is 1.94 bits per heavy atom. The van der Waals surface area contributed by atoms with Crippen molar-refractivity contribution in [2.45, 2.75) is 69.9 Å². The number of nitrogens with zero attached hydrogens (tertiary/aromatic N) is 6. The lowest BCUT2D eigenvalue weighted by molar-refractivity contribution is -0.173. The summed E-state index contributed by atoms with van der Waals surface area (Å²) in [5.41, 5.74) is 9.71. The van der Waals surface area contributed by atoms with Gasteiger partial charge in [0.15, 0.2) is 8.32 Å². The molecule has 47 heavy (non-hydrogen) atoms. The van der Waals surface area contributed by atoms with Gasteiger partial charge < -0.3 is 29.1 Å². The van der Waals surface area contributed by atoms with Crippen LogP contribution in [0.4, 0.5) is 19.0 Å². The molecule has 1 unspecified atom stereocenters. The highest BCUT2D eigenvalue weighted by atomic mass is 28.4. The van der Waals surface area contributed by atoms with Gasteiger partial charge in [0.25, 0.3) is 5.91 Å². The summed E-state index contributed by atoms with van der Waals surface area (Å²) in [6.45, 7) is 9.97. The molecule has 3 heterocycles. The van der Waals surface area contributed by atoms with Crippen LogP contribution in [-0.4, -0.2) is 72.9 Å². The van der Waals surface area contributed by atoms with E-state index in [-0.39, 0.29) is 29.8 Å². The largest absolute Gasteiger partial charge is 0.471 e. The molecule has 1 saturated heterocycles. The first kappa shape index (κ1) is 35.4. The van der Waals surface area contributed by atoms with Gasteiger partial charge in [-0.05, 0) is 35.8 Å². The molecule has 2 amide bonds. The number of nitrogens with one attached hydrogen (secondary N) is 2. The smallest absolute Gasteiger partial charge is 0.414 e. The average molecular weight is 673 g/mol. The zero-order valence-corrected chi connectivity index (χ0v) is 27.5. The molecular weight excluding hydrogens is 637 g/mol. The lowest BCUT2D eigenvalue weighted by atomic mass is 10.2. The fourth-order valence-corrected chi connectivity index (χ4v) is 5.50. The normalized spacial score (nSPS) is 18.3. The van der Waals surface area contributed by atoms with Gasteiger partial charge in [0.2, 0.25) is 0 Å². The first-order valence-corrected chi connectivity index (χ1v) is 17.5. The molecule has 0 spiro atoms. The monoisotopic (exact) mass is 672 g/mol. The minimum Gasteiger partial charge on any atom is -0.414 e. The molecule has 1 fully saturated rings. The number of rotatable bonds is 10. The third kappa shape index (κ3) is 8.67. The van der Waals surface area contributed by atoms with E-state index in [0.29, 0.717) is 23.0 Å². The first-order chi connectivity index (χ1) is 22.1. The SMILES string of the molecule is CC(C)(C)[Si](C)(C)OC[C@H]1O[C@@H](n2cc(C#CCNC(=O)C(F)(F)F)c3c(NC(=O)c4ccccc4)ncnc32)CC1OCN=[N+]=[N-]. The van der Waals surface area contributed by atoms with Gasteiger partial charge in [0, 0.05) is 23.1 Å². The van der Waals surface area contributed by atoms with E-state index in [0.717, 1.165) is 0 Å². The van der Waals surface area contributed by atoms with E-state index in [9.17, 15) is 22.8 Å². The molecule has 4 rings (SSSR count). The van der Waals surface area contributed by atoms with Crippen molar-refractivity contribution < 1.29 is 36.7 Å². The van der Waals surface area contributed by atoms with Crippen LogP contribution in [0.3, 0.4) is 0 Å². The zero-order valence-electron chi connectivity index (χ0n) is 26.5. The molecule has 0 radical (unpaired) electrons. The van der Waals surface area contributed by atoms with Crippen molar-refractivity contribution in [2.75, 3.05) is 25.2 Å². The molecule has 1 aliphatic heterocycles. The summed E-state index contributed by atoms with van der Waals surface area (Å²) in [5, 5.41) is 8.21. The second-order valence-electron chi connectivity index (χ2n) is 12.2. The van der Waals surface area contributed by atoms with Crippen LogP contribution in [-0.2, 0) is 18.7 Å². The van der Waals surface area contributed by atoms with Gasteiger partial charge in [-0.2, -0.15) is 13.2 Å². The van der Waals surface area contributed by atoms with E-state index in [1.54, 1.807) is 46.4 Å². The number of benzene rings is 1. The number of azide groups is 1. The third-order valence-corrected chi connectivity index (χ3v) is 12.5. The van der Waals surface area contributed by atoms with Crippen LogP contribution >= 0.6 is 0 Å². The number of fused-ring (bicyclic) bond motifs is 1. The number of anilines is 1. The molecule has 17 heteroatoms. The Kier molecular flexibility index (Phi) is 10.9. The van der Waals surface area contributed by atoms with Crippen LogP contribution < -0.4 is 10.6 Å². The molecule has 2 N–H and O–H groups in total. The molecule has 1 aromatic carbocycles. The Balaban J connectivity index is 1.70. The van der Waals surface area contributed by atoms with Gasteiger partial charge in [-0.3, -0.25) is 9.59 Å². The number of hydrogen-bond acceptors (Lipinski definition) is 8. The second-order valence-corrected chi connectivity index (χ2v) is 17.0. The number of ether oxygens (including phenoxy) is 2. The van der Waals surface area contributed by atoms with Gasteiger partial charge in [-0.25, -0.2) is 9.97 Å². The number of hydrogen-bond donors (Lipinski definition) is 2. The third-order valence-electron chi connectivity index (χ3n) is 8.01. The predicted octanol–water partition coefficient (Wildman–Crippen LogP) is 5.68. The maximum atomic E-state index is 13.0. The molecule has 0 aliphatic carbocycles. The van der Waals surface area contributed by atoms with E-state index >= 15 is 0 Å². The Morgan fingerprint density at radius 3 is 2.60 bits per heavy atom.